The van der Waals surface area contributed by atoms with Gasteiger partial charge in [0.1, 0.15) is 0 Å². The van der Waals surface area contributed by atoms with Crippen LogP contribution in [0.15, 0.2) is 0 Å². The summed E-state index contributed by atoms with van der Waals surface area (Å²) in [6.45, 7) is 1.99. The van der Waals surface area contributed by atoms with Crippen LogP contribution in [0.2, 0.25) is 0 Å². The maximum Gasteiger partial charge on any atom is 0.310 e. The fourth-order valence-electron chi connectivity index (χ4n) is 2.95. The highest BCUT2D eigenvalue weighted by Gasteiger charge is 2.41. The molecule has 1 amide bonds. The van der Waals surface area contributed by atoms with Crippen molar-refractivity contribution in [3.05, 3.63) is 0 Å². The number of carbonyl (C=O) groups excluding carboxylic acids is 1. The van der Waals surface area contributed by atoms with Crippen molar-refractivity contribution in [3.8, 4) is 0 Å². The standard InChI is InChI=1S/C14H23NO5/c16-12(15-9-11-10-19-6-7-20-11)8-14(13(17)18)4-2-1-3-5-14/h11H,1-10H2,(H,15,16)(H,17,18). The van der Waals surface area contributed by atoms with Crippen molar-refractivity contribution in [1.82, 2.24) is 5.32 Å². The zero-order valence-electron chi connectivity index (χ0n) is 11.7. The smallest absolute Gasteiger partial charge is 0.310 e. The Morgan fingerprint density at radius 2 is 1.95 bits per heavy atom. The second-order valence-electron chi connectivity index (χ2n) is 5.69. The molecule has 114 valence electrons. The van der Waals surface area contributed by atoms with E-state index < -0.39 is 11.4 Å². The summed E-state index contributed by atoms with van der Waals surface area (Å²) in [6, 6.07) is 0. The summed E-state index contributed by atoms with van der Waals surface area (Å²) in [5.74, 6) is -1.05. The molecule has 1 unspecified atom stereocenters. The lowest BCUT2D eigenvalue weighted by Crippen LogP contribution is -2.43. The van der Waals surface area contributed by atoms with E-state index in [-0.39, 0.29) is 18.4 Å². The monoisotopic (exact) mass is 285 g/mol. The number of rotatable bonds is 5. The SMILES string of the molecule is O=C(CC1(C(=O)O)CCCCC1)NCC1COCCO1. The molecule has 1 aliphatic carbocycles. The lowest BCUT2D eigenvalue weighted by Gasteiger charge is -2.32. The molecule has 6 heteroatoms. The van der Waals surface area contributed by atoms with Gasteiger partial charge in [-0.3, -0.25) is 9.59 Å². The normalized spacial score (nSPS) is 25.9. The first-order valence-corrected chi connectivity index (χ1v) is 7.32. The number of amides is 1. The van der Waals surface area contributed by atoms with Crippen LogP contribution >= 0.6 is 0 Å². The van der Waals surface area contributed by atoms with Gasteiger partial charge in [-0.25, -0.2) is 0 Å². The summed E-state index contributed by atoms with van der Waals surface area (Å²) >= 11 is 0. The molecule has 2 rings (SSSR count). The first-order valence-electron chi connectivity index (χ1n) is 7.32. The molecule has 0 radical (unpaired) electrons. The Labute approximate surface area is 118 Å². The van der Waals surface area contributed by atoms with E-state index in [1.54, 1.807) is 0 Å². The molecule has 6 nitrogen and oxygen atoms in total. The van der Waals surface area contributed by atoms with E-state index in [1.165, 1.54) is 0 Å². The Morgan fingerprint density at radius 3 is 2.55 bits per heavy atom. The molecule has 0 spiro atoms. The second-order valence-corrected chi connectivity index (χ2v) is 5.69. The third-order valence-corrected chi connectivity index (χ3v) is 4.18. The minimum absolute atomic E-state index is 0.0654. The Hall–Kier alpha value is -1.14. The molecule has 0 bridgehead atoms. The summed E-state index contributed by atoms with van der Waals surface area (Å²) in [7, 11) is 0. The number of hydrogen-bond acceptors (Lipinski definition) is 4. The molecule has 0 aromatic rings. The van der Waals surface area contributed by atoms with E-state index in [1.807, 2.05) is 0 Å². The molecule has 2 aliphatic rings. The van der Waals surface area contributed by atoms with E-state index in [0.717, 1.165) is 19.3 Å². The number of aliphatic carboxylic acids is 1. The van der Waals surface area contributed by atoms with Crippen LogP contribution in [0.3, 0.4) is 0 Å². The van der Waals surface area contributed by atoms with Gasteiger partial charge in [-0.05, 0) is 12.8 Å². The Morgan fingerprint density at radius 1 is 1.20 bits per heavy atom. The number of carboxylic acid groups (broad SMARTS) is 1. The summed E-state index contributed by atoms with van der Waals surface area (Å²) < 4.78 is 10.7. The predicted octanol–water partition coefficient (Wildman–Crippen LogP) is 0.943. The van der Waals surface area contributed by atoms with Gasteiger partial charge < -0.3 is 19.9 Å². The van der Waals surface area contributed by atoms with Gasteiger partial charge in [-0.1, -0.05) is 19.3 Å². The van der Waals surface area contributed by atoms with E-state index in [0.29, 0.717) is 39.2 Å². The first kappa shape index (κ1) is 15.3. The summed E-state index contributed by atoms with van der Waals surface area (Å²) in [6.07, 6.45) is 3.97. The summed E-state index contributed by atoms with van der Waals surface area (Å²) in [5.41, 5.74) is -0.869. The van der Waals surface area contributed by atoms with Crippen molar-refractivity contribution in [2.75, 3.05) is 26.4 Å². The third kappa shape index (κ3) is 3.93. The molecule has 0 aromatic carbocycles. The second kappa shape index (κ2) is 7.04. The molecule has 1 saturated carbocycles. The van der Waals surface area contributed by atoms with E-state index in [2.05, 4.69) is 5.32 Å². The fourth-order valence-corrected chi connectivity index (χ4v) is 2.95. The highest BCUT2D eigenvalue weighted by Crippen LogP contribution is 2.39. The summed E-state index contributed by atoms with van der Waals surface area (Å²) in [5, 5.41) is 12.2. The van der Waals surface area contributed by atoms with Crippen molar-refractivity contribution in [3.63, 3.8) is 0 Å². The van der Waals surface area contributed by atoms with Crippen LogP contribution in [0, 0.1) is 5.41 Å². The maximum absolute atomic E-state index is 12.0. The Balaban J connectivity index is 1.80. The van der Waals surface area contributed by atoms with Crippen molar-refractivity contribution < 1.29 is 24.2 Å². The molecule has 2 N–H and O–H groups in total. The van der Waals surface area contributed by atoms with Crippen LogP contribution in [0.1, 0.15) is 38.5 Å². The van der Waals surface area contributed by atoms with Gasteiger partial charge in [0.2, 0.25) is 5.91 Å². The Bertz CT molecular complexity index is 345. The molecule has 20 heavy (non-hydrogen) atoms. The van der Waals surface area contributed by atoms with Crippen LogP contribution in [0.4, 0.5) is 0 Å². The quantitative estimate of drug-likeness (QED) is 0.785. The summed E-state index contributed by atoms with van der Waals surface area (Å²) in [4.78, 5) is 23.5. The number of nitrogens with one attached hydrogen (secondary N) is 1. The molecule has 1 aliphatic heterocycles. The average molecular weight is 285 g/mol. The Kier molecular flexibility index (Phi) is 5.37. The molecular weight excluding hydrogens is 262 g/mol. The topological polar surface area (TPSA) is 84.9 Å². The average Bonchev–Trinajstić information content (AvgIpc) is 2.47. The van der Waals surface area contributed by atoms with Crippen LogP contribution in [-0.2, 0) is 19.1 Å². The highest BCUT2D eigenvalue weighted by molar-refractivity contribution is 5.85. The minimum Gasteiger partial charge on any atom is -0.481 e. The molecule has 2 fully saturated rings. The van der Waals surface area contributed by atoms with Gasteiger partial charge in [0.15, 0.2) is 0 Å². The number of carbonyl (C=O) groups is 2. The van der Waals surface area contributed by atoms with Crippen molar-refractivity contribution in [1.29, 1.82) is 0 Å². The van der Waals surface area contributed by atoms with E-state index in [4.69, 9.17) is 9.47 Å². The zero-order chi connectivity index (χ0) is 14.4. The fraction of sp³-hybridized carbons (Fsp3) is 0.857. The first-order chi connectivity index (χ1) is 9.62. The predicted molar refractivity (Wildman–Crippen MR) is 71.3 cm³/mol. The minimum atomic E-state index is -0.869. The van der Waals surface area contributed by atoms with Crippen LogP contribution in [-0.4, -0.2) is 49.5 Å². The molecule has 1 atom stereocenters. The van der Waals surface area contributed by atoms with Gasteiger partial charge in [-0.15, -0.1) is 0 Å². The van der Waals surface area contributed by atoms with E-state index >= 15 is 0 Å². The zero-order valence-corrected chi connectivity index (χ0v) is 11.7. The lowest BCUT2D eigenvalue weighted by molar-refractivity contribution is -0.154. The van der Waals surface area contributed by atoms with Crippen LogP contribution in [0.5, 0.6) is 0 Å². The number of hydrogen-bond donors (Lipinski definition) is 2. The maximum atomic E-state index is 12.0. The molecular formula is C14H23NO5. The van der Waals surface area contributed by atoms with Crippen LogP contribution < -0.4 is 5.32 Å². The third-order valence-electron chi connectivity index (χ3n) is 4.18. The van der Waals surface area contributed by atoms with Gasteiger partial charge in [0.25, 0.3) is 0 Å². The van der Waals surface area contributed by atoms with Gasteiger partial charge in [0, 0.05) is 13.0 Å². The van der Waals surface area contributed by atoms with Gasteiger partial charge in [-0.2, -0.15) is 0 Å². The number of ether oxygens (including phenoxy) is 2. The van der Waals surface area contributed by atoms with Crippen LogP contribution in [0.25, 0.3) is 0 Å². The largest absolute Gasteiger partial charge is 0.481 e. The molecule has 1 saturated heterocycles. The highest BCUT2D eigenvalue weighted by atomic mass is 16.6. The number of carboxylic acids is 1. The van der Waals surface area contributed by atoms with E-state index in [9.17, 15) is 14.7 Å². The molecule has 0 aromatic heterocycles. The van der Waals surface area contributed by atoms with Crippen molar-refractivity contribution in [2.45, 2.75) is 44.6 Å². The lowest BCUT2D eigenvalue weighted by atomic mass is 9.71. The van der Waals surface area contributed by atoms with Crippen molar-refractivity contribution in [2.24, 2.45) is 5.41 Å². The van der Waals surface area contributed by atoms with Crippen molar-refractivity contribution >= 4 is 11.9 Å². The molecule has 1 heterocycles. The van der Waals surface area contributed by atoms with Gasteiger partial charge >= 0.3 is 5.97 Å². The van der Waals surface area contributed by atoms with Gasteiger partial charge in [0.05, 0.1) is 31.3 Å².